The molecule has 15 nitrogen and oxygen atoms in total. The van der Waals surface area contributed by atoms with Gasteiger partial charge in [-0.2, -0.15) is 0 Å². The van der Waals surface area contributed by atoms with E-state index in [0.717, 1.165) is 26.7 Å². The van der Waals surface area contributed by atoms with Gasteiger partial charge < -0.3 is 44.3 Å². The number of fused-ring (bicyclic) bond motifs is 5. The lowest BCUT2D eigenvalue weighted by molar-refractivity contribution is -0.346. The lowest BCUT2D eigenvalue weighted by atomic mass is 9.44. The minimum absolute atomic E-state index is 0.0127. The number of hydrogen-bond acceptors (Lipinski definition) is 14. The topological polar surface area (TPSA) is 221 Å². The van der Waals surface area contributed by atoms with Crippen molar-refractivity contribution in [3.63, 3.8) is 0 Å². The molecule has 6 rings (SSSR count). The number of aliphatic hydroxyl groups is 3. The molecule has 2 aromatic carbocycles. The quantitative estimate of drug-likeness (QED) is 0.0969. The second-order valence-corrected chi connectivity index (χ2v) is 17.5. The highest BCUT2D eigenvalue weighted by Gasteiger charge is 2.78. The third-order valence-electron chi connectivity index (χ3n) is 13.5. The molecular weight excluding hydrogens is 790 g/mol. The number of rotatable bonds is 13. The van der Waals surface area contributed by atoms with Gasteiger partial charge in [-0.25, -0.2) is 9.59 Å². The standard InChI is InChI=1S/C46H57NO14/c1-8-9-12-21-33(51)47-35(28-17-13-10-14-18-28)36(52)42(55)59-30-23-46(56)40(60-41(54)29-19-15-11-16-20-29)38-44(7,31(50)22-32-45(38,24-57-32)61-27(4)49)39(53)37(58-26(3)48)34(25(30)2)43(46,5)6/h10-11,13-20,30-32,35-38,40,50,52,56H,8-9,12,21-24H2,1-7H3,(H,47,51)/t30-,31+,32+,35+,36-,37-,38+,40+,44-,45+,46+/m1/s1. The minimum Gasteiger partial charge on any atom is -0.456 e. The number of carbonyl (C=O) groups is 6. The average Bonchev–Trinajstić information content (AvgIpc) is 3.21. The van der Waals surface area contributed by atoms with Crippen molar-refractivity contribution in [3.8, 4) is 0 Å². The number of unbranched alkanes of at least 4 members (excludes halogenated alkanes) is 2. The molecule has 0 aromatic heterocycles. The summed E-state index contributed by atoms with van der Waals surface area (Å²) >= 11 is 0. The summed E-state index contributed by atoms with van der Waals surface area (Å²) in [5, 5.41) is 40.2. The maximum absolute atomic E-state index is 15.5. The van der Waals surface area contributed by atoms with E-state index in [1.807, 2.05) is 6.92 Å². The number of carbonyl (C=O) groups excluding carboxylic acids is 6. The first kappa shape index (κ1) is 45.6. The van der Waals surface area contributed by atoms with Crippen molar-refractivity contribution in [2.75, 3.05) is 6.61 Å². The van der Waals surface area contributed by atoms with Crippen molar-refractivity contribution in [1.29, 1.82) is 0 Å². The van der Waals surface area contributed by atoms with Crippen LogP contribution in [0.5, 0.6) is 0 Å². The third kappa shape index (κ3) is 8.01. The van der Waals surface area contributed by atoms with Crippen LogP contribution in [-0.4, -0.2) is 105 Å². The van der Waals surface area contributed by atoms with Crippen molar-refractivity contribution in [3.05, 3.63) is 82.9 Å². The molecule has 61 heavy (non-hydrogen) atoms. The predicted octanol–water partition coefficient (Wildman–Crippen LogP) is 4.00. The van der Waals surface area contributed by atoms with Crippen molar-refractivity contribution in [2.45, 2.75) is 141 Å². The van der Waals surface area contributed by atoms with Gasteiger partial charge >= 0.3 is 23.9 Å². The van der Waals surface area contributed by atoms with E-state index >= 15 is 4.79 Å². The maximum Gasteiger partial charge on any atom is 0.338 e. The Hall–Kier alpha value is -4.96. The summed E-state index contributed by atoms with van der Waals surface area (Å²) in [6, 6.07) is 15.0. The zero-order chi connectivity index (χ0) is 44.7. The highest BCUT2D eigenvalue weighted by molar-refractivity contribution is 5.95. The lowest BCUT2D eigenvalue weighted by Crippen LogP contribution is -2.82. The first-order valence-electron chi connectivity index (χ1n) is 20.9. The van der Waals surface area contributed by atoms with Crippen molar-refractivity contribution in [1.82, 2.24) is 5.32 Å². The fourth-order valence-electron chi connectivity index (χ4n) is 10.1. The van der Waals surface area contributed by atoms with Crippen molar-refractivity contribution < 1.29 is 67.8 Å². The van der Waals surface area contributed by atoms with Crippen LogP contribution < -0.4 is 5.32 Å². The summed E-state index contributed by atoms with van der Waals surface area (Å²) in [6.07, 6.45) is -7.92. The van der Waals surface area contributed by atoms with E-state index in [1.54, 1.807) is 62.4 Å². The van der Waals surface area contributed by atoms with E-state index in [9.17, 15) is 39.3 Å². The molecule has 1 heterocycles. The van der Waals surface area contributed by atoms with Crippen LogP contribution >= 0.6 is 0 Å². The van der Waals surface area contributed by atoms with Crippen LogP contribution in [0.1, 0.15) is 109 Å². The highest BCUT2D eigenvalue weighted by Crippen LogP contribution is 2.64. The molecule has 4 N–H and O–H groups in total. The molecule has 0 spiro atoms. The predicted molar refractivity (Wildman–Crippen MR) is 216 cm³/mol. The van der Waals surface area contributed by atoms with Crippen molar-refractivity contribution in [2.24, 2.45) is 16.7 Å². The molecule has 1 aliphatic heterocycles. The summed E-state index contributed by atoms with van der Waals surface area (Å²) in [5.41, 5.74) is -7.12. The number of aliphatic hydroxyl groups excluding tert-OH is 2. The normalized spacial score (nSPS) is 32.3. The zero-order valence-corrected chi connectivity index (χ0v) is 35.7. The molecule has 3 fully saturated rings. The monoisotopic (exact) mass is 847 g/mol. The number of ether oxygens (including phenoxy) is 5. The van der Waals surface area contributed by atoms with Crippen LogP contribution in [0.15, 0.2) is 71.8 Å². The summed E-state index contributed by atoms with van der Waals surface area (Å²) in [5.74, 6) is -6.55. The molecular formula is C46H57NO14. The van der Waals surface area contributed by atoms with Gasteiger partial charge in [0.05, 0.1) is 35.6 Å². The van der Waals surface area contributed by atoms with Gasteiger partial charge in [0.1, 0.15) is 23.9 Å². The molecule has 4 aliphatic rings. The van der Waals surface area contributed by atoms with E-state index in [4.69, 9.17) is 23.7 Å². The largest absolute Gasteiger partial charge is 0.456 e. The highest BCUT2D eigenvalue weighted by atomic mass is 16.6. The minimum atomic E-state index is -2.37. The van der Waals surface area contributed by atoms with Gasteiger partial charge in [0, 0.05) is 38.5 Å². The van der Waals surface area contributed by atoms with Crippen LogP contribution in [0.25, 0.3) is 0 Å². The lowest BCUT2D eigenvalue weighted by Gasteiger charge is -2.67. The second kappa shape index (κ2) is 17.4. The third-order valence-corrected chi connectivity index (χ3v) is 13.5. The maximum atomic E-state index is 15.5. The molecule has 2 bridgehead atoms. The van der Waals surface area contributed by atoms with Gasteiger partial charge in [-0.1, -0.05) is 82.1 Å². The summed E-state index contributed by atoms with van der Waals surface area (Å²) < 4.78 is 30.3. The zero-order valence-electron chi connectivity index (χ0n) is 35.7. The molecule has 0 unspecified atom stereocenters. The molecule has 0 radical (unpaired) electrons. The van der Waals surface area contributed by atoms with Crippen LogP contribution in [0.4, 0.5) is 0 Å². The van der Waals surface area contributed by atoms with E-state index in [-0.39, 0.29) is 36.2 Å². The SMILES string of the molecule is CCCCCC(=O)N[C@@H](c1ccccc1)[C@@H](O)C(=O)O[C@@H]1C[C@]2(O)[C@@H](OC(=O)c3ccccc3)[C@@H]3[C@]4(OC(C)=O)CO[C@H]4C[C@H](O)[C@@]3(C)C(=O)[C@H](OC(C)=O)C(=C1C)C2(C)C. The molecule has 1 saturated heterocycles. The van der Waals surface area contributed by atoms with E-state index in [2.05, 4.69) is 5.32 Å². The number of nitrogens with one attached hydrogen (secondary N) is 1. The van der Waals surface area contributed by atoms with Crippen LogP contribution in [0.3, 0.4) is 0 Å². The molecule has 2 aromatic rings. The summed E-state index contributed by atoms with van der Waals surface area (Å²) in [7, 11) is 0. The summed E-state index contributed by atoms with van der Waals surface area (Å²) in [6.45, 7) is 10.0. The smallest absolute Gasteiger partial charge is 0.338 e. The molecule has 3 aliphatic carbocycles. The van der Waals surface area contributed by atoms with Crippen LogP contribution in [0, 0.1) is 16.7 Å². The number of ketones is 1. The van der Waals surface area contributed by atoms with Gasteiger partial charge in [0.25, 0.3) is 0 Å². The van der Waals surface area contributed by atoms with Crippen molar-refractivity contribution >= 4 is 35.6 Å². The number of Topliss-reactive ketones (excluding diaryl/α,β-unsaturated/α-hetero) is 1. The van der Waals surface area contributed by atoms with E-state index in [1.165, 1.54) is 26.0 Å². The van der Waals surface area contributed by atoms with Gasteiger partial charge in [-0.05, 0) is 49.1 Å². The first-order chi connectivity index (χ1) is 28.7. The number of amides is 1. The Morgan fingerprint density at radius 2 is 1.56 bits per heavy atom. The van der Waals surface area contributed by atoms with Gasteiger partial charge in [0.15, 0.2) is 23.6 Å². The number of esters is 4. The Balaban J connectivity index is 1.52. The van der Waals surface area contributed by atoms with E-state index in [0.29, 0.717) is 12.0 Å². The Labute approximate surface area is 355 Å². The Kier molecular flexibility index (Phi) is 13.0. The molecule has 11 atom stereocenters. The Bertz CT molecular complexity index is 2050. The number of benzene rings is 2. The fourth-order valence-corrected chi connectivity index (χ4v) is 10.1. The van der Waals surface area contributed by atoms with Crippen LogP contribution in [0.2, 0.25) is 0 Å². The molecule has 1 amide bonds. The summed E-state index contributed by atoms with van der Waals surface area (Å²) in [4.78, 5) is 83.0. The second-order valence-electron chi connectivity index (χ2n) is 17.5. The molecule has 2 saturated carbocycles. The van der Waals surface area contributed by atoms with Gasteiger partial charge in [-0.3, -0.25) is 19.2 Å². The van der Waals surface area contributed by atoms with E-state index < -0.39 is 113 Å². The fraction of sp³-hybridized carbons (Fsp3) is 0.565. The number of hydrogen-bond donors (Lipinski definition) is 4. The van der Waals surface area contributed by atoms with Gasteiger partial charge in [0.2, 0.25) is 5.91 Å². The molecule has 330 valence electrons. The average molecular weight is 848 g/mol. The van der Waals surface area contributed by atoms with Crippen LogP contribution in [-0.2, 0) is 47.7 Å². The molecule has 15 heteroatoms. The first-order valence-corrected chi connectivity index (χ1v) is 20.9. The van der Waals surface area contributed by atoms with Gasteiger partial charge in [-0.15, -0.1) is 0 Å². The Morgan fingerprint density at radius 1 is 0.918 bits per heavy atom. The Morgan fingerprint density at radius 3 is 2.13 bits per heavy atom.